The van der Waals surface area contributed by atoms with Crippen molar-refractivity contribution in [3.63, 3.8) is 0 Å². The molecule has 19 heavy (non-hydrogen) atoms. The molecule has 2 aliphatic carbocycles. The Morgan fingerprint density at radius 3 is 2.63 bits per heavy atom. The second-order valence-corrected chi connectivity index (χ2v) is 6.54. The molecule has 2 rings (SSSR count). The predicted molar refractivity (Wildman–Crippen MR) is 75.9 cm³/mol. The van der Waals surface area contributed by atoms with Crippen molar-refractivity contribution in [1.82, 2.24) is 10.6 Å². The number of carbonyl (C=O) groups excluding carboxylic acids is 1. The van der Waals surface area contributed by atoms with Crippen LogP contribution in [0.5, 0.6) is 0 Å². The molecule has 2 saturated carbocycles. The van der Waals surface area contributed by atoms with Gasteiger partial charge in [-0.2, -0.15) is 0 Å². The molecule has 0 saturated heterocycles. The molecule has 0 bridgehead atoms. The quantitative estimate of drug-likeness (QED) is 0.709. The van der Waals surface area contributed by atoms with Gasteiger partial charge < -0.3 is 15.7 Å². The van der Waals surface area contributed by atoms with E-state index in [1.165, 1.54) is 19.3 Å². The van der Waals surface area contributed by atoms with Gasteiger partial charge in [0.1, 0.15) is 0 Å². The predicted octanol–water partition coefficient (Wildman–Crippen LogP) is 1.58. The van der Waals surface area contributed by atoms with Crippen LogP contribution in [0.1, 0.15) is 58.3 Å². The topological polar surface area (TPSA) is 61.4 Å². The van der Waals surface area contributed by atoms with Crippen LogP contribution in [0, 0.1) is 5.92 Å². The molecule has 3 N–H and O–H groups in total. The Morgan fingerprint density at radius 2 is 2.00 bits per heavy atom. The number of nitrogens with one attached hydrogen (secondary N) is 2. The molecular formula is C15H28N2O2. The second kappa shape index (κ2) is 6.71. The number of hydrogen-bond acceptors (Lipinski definition) is 3. The van der Waals surface area contributed by atoms with Crippen molar-refractivity contribution < 1.29 is 9.90 Å². The normalized spacial score (nSPS) is 32.4. The highest BCUT2D eigenvalue weighted by Crippen LogP contribution is 2.31. The molecule has 110 valence electrons. The van der Waals surface area contributed by atoms with E-state index in [2.05, 4.69) is 17.6 Å². The van der Waals surface area contributed by atoms with Crippen molar-refractivity contribution in [1.29, 1.82) is 0 Å². The standard InChI is InChI=1S/C15H28N2O2/c1-12-5-4-8-15(9-12,11-18)16-10-14(19)17-13-6-2-3-7-13/h12-13,16,18H,2-11H2,1H3,(H,17,19). The summed E-state index contributed by atoms with van der Waals surface area (Å²) in [4.78, 5) is 11.9. The molecule has 4 nitrogen and oxygen atoms in total. The van der Waals surface area contributed by atoms with E-state index in [4.69, 9.17) is 0 Å². The summed E-state index contributed by atoms with van der Waals surface area (Å²) in [6.07, 6.45) is 9.02. The molecule has 2 aliphatic rings. The van der Waals surface area contributed by atoms with Crippen LogP contribution in [0.15, 0.2) is 0 Å². The first-order valence-electron chi connectivity index (χ1n) is 7.79. The van der Waals surface area contributed by atoms with Gasteiger partial charge in [0.05, 0.1) is 13.2 Å². The third kappa shape index (κ3) is 4.18. The number of aliphatic hydroxyl groups is 1. The highest BCUT2D eigenvalue weighted by molar-refractivity contribution is 5.78. The fourth-order valence-electron chi connectivity index (χ4n) is 3.64. The fourth-order valence-corrected chi connectivity index (χ4v) is 3.64. The summed E-state index contributed by atoms with van der Waals surface area (Å²) in [5, 5.41) is 16.1. The molecule has 0 aliphatic heterocycles. The third-order valence-corrected chi connectivity index (χ3v) is 4.74. The van der Waals surface area contributed by atoms with E-state index < -0.39 is 0 Å². The summed E-state index contributed by atoms with van der Waals surface area (Å²) in [5.74, 6) is 0.712. The molecule has 1 amide bonds. The molecular weight excluding hydrogens is 240 g/mol. The lowest BCUT2D eigenvalue weighted by Crippen LogP contribution is -2.54. The Labute approximate surface area is 116 Å². The minimum Gasteiger partial charge on any atom is -0.394 e. The molecule has 0 aromatic carbocycles. The van der Waals surface area contributed by atoms with Crippen molar-refractivity contribution in [2.24, 2.45) is 5.92 Å². The van der Waals surface area contributed by atoms with Crippen LogP contribution in [0.4, 0.5) is 0 Å². The average Bonchev–Trinajstić information content (AvgIpc) is 2.89. The SMILES string of the molecule is CC1CCCC(CO)(NCC(=O)NC2CCCC2)C1. The first-order chi connectivity index (χ1) is 9.13. The van der Waals surface area contributed by atoms with E-state index in [-0.39, 0.29) is 18.1 Å². The molecule has 0 spiro atoms. The van der Waals surface area contributed by atoms with Crippen molar-refractivity contribution in [2.75, 3.05) is 13.2 Å². The molecule has 0 radical (unpaired) electrons. The third-order valence-electron chi connectivity index (χ3n) is 4.74. The van der Waals surface area contributed by atoms with Gasteiger partial charge in [0.15, 0.2) is 0 Å². The lowest BCUT2D eigenvalue weighted by atomic mass is 9.77. The Bertz CT molecular complexity index is 303. The van der Waals surface area contributed by atoms with Crippen molar-refractivity contribution >= 4 is 5.91 Å². The van der Waals surface area contributed by atoms with Crippen molar-refractivity contribution in [3.8, 4) is 0 Å². The minimum atomic E-state index is -0.231. The zero-order valence-electron chi connectivity index (χ0n) is 12.1. The van der Waals surface area contributed by atoms with Crippen LogP contribution < -0.4 is 10.6 Å². The highest BCUT2D eigenvalue weighted by atomic mass is 16.3. The van der Waals surface area contributed by atoms with E-state index in [0.717, 1.165) is 32.1 Å². The molecule has 2 atom stereocenters. The largest absolute Gasteiger partial charge is 0.394 e. The van der Waals surface area contributed by atoms with E-state index >= 15 is 0 Å². The zero-order valence-corrected chi connectivity index (χ0v) is 12.1. The van der Waals surface area contributed by atoms with Crippen LogP contribution in [-0.4, -0.2) is 35.7 Å². The summed E-state index contributed by atoms with van der Waals surface area (Å²) in [6.45, 7) is 2.70. The van der Waals surface area contributed by atoms with Gasteiger partial charge in [-0.1, -0.05) is 32.6 Å². The Morgan fingerprint density at radius 1 is 1.26 bits per heavy atom. The van der Waals surface area contributed by atoms with Crippen LogP contribution in [-0.2, 0) is 4.79 Å². The smallest absolute Gasteiger partial charge is 0.234 e. The van der Waals surface area contributed by atoms with Crippen molar-refractivity contribution in [2.45, 2.75) is 69.9 Å². The number of amides is 1. The lowest BCUT2D eigenvalue weighted by Gasteiger charge is -2.39. The second-order valence-electron chi connectivity index (χ2n) is 6.54. The fraction of sp³-hybridized carbons (Fsp3) is 0.933. The van der Waals surface area contributed by atoms with Crippen LogP contribution in [0.2, 0.25) is 0 Å². The summed E-state index contributed by atoms with van der Waals surface area (Å²) >= 11 is 0. The van der Waals surface area contributed by atoms with Crippen LogP contribution in [0.25, 0.3) is 0 Å². The number of carbonyl (C=O) groups is 1. The van der Waals surface area contributed by atoms with E-state index in [1.54, 1.807) is 0 Å². The molecule has 0 aromatic rings. The molecule has 0 aromatic heterocycles. The van der Waals surface area contributed by atoms with Gasteiger partial charge in [-0.25, -0.2) is 0 Å². The average molecular weight is 268 g/mol. The van der Waals surface area contributed by atoms with Crippen LogP contribution in [0.3, 0.4) is 0 Å². The van der Waals surface area contributed by atoms with E-state index in [1.807, 2.05) is 0 Å². The summed E-state index contributed by atoms with van der Waals surface area (Å²) in [5.41, 5.74) is -0.231. The van der Waals surface area contributed by atoms with Gasteiger partial charge in [-0.3, -0.25) is 4.79 Å². The maximum absolute atomic E-state index is 11.9. The molecule has 4 heteroatoms. The van der Waals surface area contributed by atoms with Gasteiger partial charge in [0.2, 0.25) is 5.91 Å². The first-order valence-corrected chi connectivity index (χ1v) is 7.79. The lowest BCUT2D eigenvalue weighted by molar-refractivity contribution is -0.121. The molecule has 0 heterocycles. The van der Waals surface area contributed by atoms with E-state index in [9.17, 15) is 9.90 Å². The molecule has 2 unspecified atom stereocenters. The van der Waals surface area contributed by atoms with Gasteiger partial charge >= 0.3 is 0 Å². The Kier molecular flexibility index (Phi) is 5.22. The van der Waals surface area contributed by atoms with E-state index in [0.29, 0.717) is 18.5 Å². The first kappa shape index (κ1) is 14.8. The van der Waals surface area contributed by atoms with Gasteiger partial charge in [-0.05, 0) is 31.6 Å². The molecule has 2 fully saturated rings. The maximum atomic E-state index is 11.9. The van der Waals surface area contributed by atoms with Gasteiger partial charge in [0.25, 0.3) is 0 Å². The number of hydrogen-bond donors (Lipinski definition) is 3. The monoisotopic (exact) mass is 268 g/mol. The number of rotatable bonds is 5. The van der Waals surface area contributed by atoms with Gasteiger partial charge in [-0.15, -0.1) is 0 Å². The zero-order chi connectivity index (χ0) is 13.7. The maximum Gasteiger partial charge on any atom is 0.234 e. The summed E-state index contributed by atoms with van der Waals surface area (Å²) in [7, 11) is 0. The van der Waals surface area contributed by atoms with Crippen LogP contribution >= 0.6 is 0 Å². The Hall–Kier alpha value is -0.610. The minimum absolute atomic E-state index is 0.0814. The summed E-state index contributed by atoms with van der Waals surface area (Å²) < 4.78 is 0. The van der Waals surface area contributed by atoms with Gasteiger partial charge in [0, 0.05) is 11.6 Å². The number of aliphatic hydroxyl groups excluding tert-OH is 1. The van der Waals surface area contributed by atoms with Crippen molar-refractivity contribution in [3.05, 3.63) is 0 Å². The summed E-state index contributed by atoms with van der Waals surface area (Å²) in [6, 6.07) is 0.379. The highest BCUT2D eigenvalue weighted by Gasteiger charge is 2.34. The Balaban J connectivity index is 1.76.